The molecule has 0 N–H and O–H groups in total. The summed E-state index contributed by atoms with van der Waals surface area (Å²) in [5.41, 5.74) is 1.94. The van der Waals surface area contributed by atoms with E-state index in [1.807, 2.05) is 30.3 Å². The summed E-state index contributed by atoms with van der Waals surface area (Å²) in [7, 11) is 1.54. The van der Waals surface area contributed by atoms with E-state index in [0.717, 1.165) is 5.56 Å². The molecule has 182 valence electrons. The second-order valence-electron chi connectivity index (χ2n) is 8.48. The maximum Gasteiger partial charge on any atom is 0.297 e. The van der Waals surface area contributed by atoms with Crippen molar-refractivity contribution in [3.63, 3.8) is 0 Å². The zero-order valence-electron chi connectivity index (χ0n) is 19.8. The highest BCUT2D eigenvalue weighted by Gasteiger charge is 2.45. The summed E-state index contributed by atoms with van der Waals surface area (Å²) in [5.74, 6) is 0.652. The third kappa shape index (κ3) is 3.88. The van der Waals surface area contributed by atoms with Gasteiger partial charge in [0.25, 0.3) is 5.91 Å². The highest BCUT2D eigenvalue weighted by Crippen LogP contribution is 2.42. The zero-order chi connectivity index (χ0) is 25.4. The van der Waals surface area contributed by atoms with Crippen molar-refractivity contribution < 1.29 is 18.7 Å². The number of carbonyl (C=O) groups excluding carboxylic acids is 1. The van der Waals surface area contributed by atoms with Crippen LogP contribution in [0.25, 0.3) is 11.0 Å². The summed E-state index contributed by atoms with van der Waals surface area (Å²) >= 11 is 0. The number of hydrogen-bond acceptors (Lipinski definition) is 7. The van der Waals surface area contributed by atoms with Gasteiger partial charge >= 0.3 is 0 Å². The molecular formula is C29H21N3O5. The Morgan fingerprint density at radius 3 is 2.43 bits per heavy atom. The van der Waals surface area contributed by atoms with Crippen LogP contribution in [0.1, 0.15) is 33.3 Å². The van der Waals surface area contributed by atoms with Gasteiger partial charge in [0.1, 0.15) is 12.2 Å². The number of benzene rings is 3. The van der Waals surface area contributed by atoms with Gasteiger partial charge in [-0.25, -0.2) is 9.97 Å². The normalized spacial score (nSPS) is 14.6. The van der Waals surface area contributed by atoms with Crippen molar-refractivity contribution in [3.05, 3.63) is 124 Å². The van der Waals surface area contributed by atoms with E-state index in [-0.39, 0.29) is 22.7 Å². The van der Waals surface area contributed by atoms with Crippen LogP contribution >= 0.6 is 0 Å². The van der Waals surface area contributed by atoms with Crippen LogP contribution in [0.3, 0.4) is 0 Å². The van der Waals surface area contributed by atoms with E-state index in [1.54, 1.807) is 68.0 Å². The molecule has 2 aromatic heterocycles. The Morgan fingerprint density at radius 1 is 0.892 bits per heavy atom. The van der Waals surface area contributed by atoms with Gasteiger partial charge in [0, 0.05) is 12.4 Å². The van der Waals surface area contributed by atoms with Crippen LogP contribution in [0.5, 0.6) is 11.5 Å². The van der Waals surface area contributed by atoms with Gasteiger partial charge in [0.15, 0.2) is 16.9 Å². The lowest BCUT2D eigenvalue weighted by Gasteiger charge is -2.24. The monoisotopic (exact) mass is 491 g/mol. The standard InChI is InChI=1S/C29H21N3O5/c1-35-23-16-19(12-13-22(23)36-17-18-8-3-2-4-9-18)25-24-26(33)20-10-5-6-11-21(20)37-27(24)28(34)32(25)29-30-14-7-15-31-29/h2-16,25H,17H2,1H3. The fraction of sp³-hybridized carbons (Fsp3) is 0.103. The van der Waals surface area contributed by atoms with Gasteiger partial charge in [-0.15, -0.1) is 0 Å². The minimum Gasteiger partial charge on any atom is -0.493 e. The van der Waals surface area contributed by atoms with Gasteiger partial charge < -0.3 is 13.9 Å². The Bertz CT molecular complexity index is 1670. The third-order valence-electron chi connectivity index (χ3n) is 6.29. The largest absolute Gasteiger partial charge is 0.493 e. The fourth-order valence-corrected chi connectivity index (χ4v) is 4.57. The van der Waals surface area contributed by atoms with Gasteiger partial charge in [0.05, 0.1) is 24.1 Å². The maximum absolute atomic E-state index is 13.7. The number of ether oxygens (including phenoxy) is 2. The molecule has 0 saturated heterocycles. The number of nitrogens with zero attached hydrogens (tertiary/aromatic N) is 3. The van der Waals surface area contributed by atoms with Crippen LogP contribution in [-0.4, -0.2) is 23.0 Å². The molecule has 6 rings (SSSR count). The summed E-state index contributed by atoms with van der Waals surface area (Å²) in [6.45, 7) is 0.362. The SMILES string of the molecule is COc1cc(C2c3c(oc4ccccc4c3=O)C(=O)N2c2ncccn2)ccc1OCc1ccccc1. The molecule has 5 aromatic rings. The molecule has 8 heteroatoms. The summed E-state index contributed by atoms with van der Waals surface area (Å²) in [5, 5.41) is 0.393. The van der Waals surface area contributed by atoms with Crippen LogP contribution in [0.2, 0.25) is 0 Å². The molecule has 0 saturated carbocycles. The smallest absolute Gasteiger partial charge is 0.297 e. The average Bonchev–Trinajstić information content (AvgIpc) is 3.25. The van der Waals surface area contributed by atoms with Gasteiger partial charge in [-0.05, 0) is 41.5 Å². The average molecular weight is 492 g/mol. The quantitative estimate of drug-likeness (QED) is 0.333. The van der Waals surface area contributed by atoms with E-state index in [2.05, 4.69) is 9.97 Å². The number of fused-ring (bicyclic) bond motifs is 2. The first-order chi connectivity index (χ1) is 18.2. The van der Waals surface area contributed by atoms with Gasteiger partial charge in [-0.3, -0.25) is 14.5 Å². The van der Waals surface area contributed by atoms with Crippen LogP contribution in [0.15, 0.2) is 100 Å². The van der Waals surface area contributed by atoms with Crippen molar-refractivity contribution in [2.75, 3.05) is 12.0 Å². The Balaban J connectivity index is 1.48. The molecule has 37 heavy (non-hydrogen) atoms. The van der Waals surface area contributed by atoms with E-state index < -0.39 is 11.9 Å². The lowest BCUT2D eigenvalue weighted by atomic mass is 9.98. The van der Waals surface area contributed by atoms with Crippen LogP contribution in [0, 0.1) is 0 Å². The first kappa shape index (κ1) is 22.5. The first-order valence-electron chi connectivity index (χ1n) is 11.7. The summed E-state index contributed by atoms with van der Waals surface area (Å²) in [6, 6.07) is 22.8. The molecule has 0 fully saturated rings. The lowest BCUT2D eigenvalue weighted by Crippen LogP contribution is -2.31. The van der Waals surface area contributed by atoms with E-state index in [0.29, 0.717) is 34.6 Å². The fourth-order valence-electron chi connectivity index (χ4n) is 4.57. The lowest BCUT2D eigenvalue weighted by molar-refractivity contribution is 0.0969. The van der Waals surface area contributed by atoms with Crippen molar-refractivity contribution in [2.24, 2.45) is 0 Å². The zero-order valence-corrected chi connectivity index (χ0v) is 19.8. The Labute approximate surface area is 211 Å². The number of rotatable bonds is 6. The Kier molecular flexibility index (Phi) is 5.61. The van der Waals surface area contributed by atoms with Crippen LogP contribution in [-0.2, 0) is 6.61 Å². The minimum atomic E-state index is -0.817. The number of aromatic nitrogens is 2. The predicted octanol–water partition coefficient (Wildman–Crippen LogP) is 4.92. The van der Waals surface area contributed by atoms with E-state index >= 15 is 0 Å². The molecule has 8 nitrogen and oxygen atoms in total. The molecule has 3 aromatic carbocycles. The van der Waals surface area contributed by atoms with Gasteiger partial charge in [0.2, 0.25) is 11.7 Å². The molecule has 1 aliphatic rings. The van der Waals surface area contributed by atoms with Crippen molar-refractivity contribution in [2.45, 2.75) is 12.6 Å². The number of hydrogen-bond donors (Lipinski definition) is 0. The van der Waals surface area contributed by atoms with Gasteiger partial charge in [-0.2, -0.15) is 0 Å². The highest BCUT2D eigenvalue weighted by molar-refractivity contribution is 6.09. The number of amides is 1. The molecule has 1 aliphatic heterocycles. The predicted molar refractivity (Wildman–Crippen MR) is 137 cm³/mol. The van der Waals surface area contributed by atoms with Crippen molar-refractivity contribution >= 4 is 22.8 Å². The van der Waals surface area contributed by atoms with E-state index in [1.165, 1.54) is 4.90 Å². The van der Waals surface area contributed by atoms with Crippen LogP contribution < -0.4 is 19.8 Å². The minimum absolute atomic E-state index is 0.0236. The van der Waals surface area contributed by atoms with Crippen molar-refractivity contribution in [1.29, 1.82) is 0 Å². The Hall–Kier alpha value is -4.98. The van der Waals surface area contributed by atoms with E-state index in [4.69, 9.17) is 13.9 Å². The molecule has 0 radical (unpaired) electrons. The first-order valence-corrected chi connectivity index (χ1v) is 11.7. The van der Waals surface area contributed by atoms with Gasteiger partial charge in [-0.1, -0.05) is 48.5 Å². The summed E-state index contributed by atoms with van der Waals surface area (Å²) in [4.78, 5) is 37.2. The van der Waals surface area contributed by atoms with E-state index in [9.17, 15) is 9.59 Å². The third-order valence-corrected chi connectivity index (χ3v) is 6.29. The second kappa shape index (κ2) is 9.23. The topological polar surface area (TPSA) is 94.8 Å². The number of anilines is 1. The number of methoxy groups -OCH3 is 1. The summed E-state index contributed by atoms with van der Waals surface area (Å²) in [6.07, 6.45) is 3.09. The highest BCUT2D eigenvalue weighted by atomic mass is 16.5. The molecule has 1 amide bonds. The molecule has 0 spiro atoms. The molecule has 0 aliphatic carbocycles. The van der Waals surface area contributed by atoms with Crippen molar-refractivity contribution in [3.8, 4) is 11.5 Å². The van der Waals surface area contributed by atoms with Crippen LogP contribution in [0.4, 0.5) is 5.95 Å². The summed E-state index contributed by atoms with van der Waals surface area (Å²) < 4.78 is 17.6. The number of para-hydroxylation sites is 1. The maximum atomic E-state index is 13.7. The molecule has 1 atom stereocenters. The number of carbonyl (C=O) groups is 1. The van der Waals surface area contributed by atoms with Crippen molar-refractivity contribution in [1.82, 2.24) is 9.97 Å². The molecule has 0 bridgehead atoms. The molecule has 3 heterocycles. The molecule has 1 unspecified atom stereocenters. The Morgan fingerprint density at radius 2 is 1.65 bits per heavy atom. The molecular weight excluding hydrogens is 470 g/mol. The second-order valence-corrected chi connectivity index (χ2v) is 8.48.